The van der Waals surface area contributed by atoms with Gasteiger partial charge in [-0.05, 0) is 0 Å². The Morgan fingerprint density at radius 2 is 2.00 bits per heavy atom. The molecular formula is C7H16BrNO2. The van der Waals surface area contributed by atoms with Gasteiger partial charge in [-0.1, -0.05) is 36.2 Å². The highest BCUT2D eigenvalue weighted by atomic mass is 79.9. The van der Waals surface area contributed by atoms with Crippen molar-refractivity contribution >= 4 is 22.0 Å². The number of carbonyl (C=O) groups is 1. The van der Waals surface area contributed by atoms with Gasteiger partial charge in [0, 0.05) is 11.9 Å². The summed E-state index contributed by atoms with van der Waals surface area (Å²) in [6, 6.07) is 0. The molecule has 0 aliphatic heterocycles. The van der Waals surface area contributed by atoms with Gasteiger partial charge in [-0.3, -0.25) is 0 Å². The van der Waals surface area contributed by atoms with Crippen molar-refractivity contribution in [1.82, 2.24) is 5.32 Å². The lowest BCUT2D eigenvalue weighted by molar-refractivity contribution is 0.172. The number of ether oxygens (including phenoxy) is 1. The zero-order valence-corrected chi connectivity index (χ0v) is 8.90. The van der Waals surface area contributed by atoms with Crippen LogP contribution in [0.2, 0.25) is 0 Å². The minimum Gasteiger partial charge on any atom is -0.453 e. The average molecular weight is 226 g/mol. The number of amides is 1. The van der Waals surface area contributed by atoms with Crippen molar-refractivity contribution < 1.29 is 9.53 Å². The molecule has 11 heavy (non-hydrogen) atoms. The van der Waals surface area contributed by atoms with E-state index in [2.05, 4.69) is 39.8 Å². The third kappa shape index (κ3) is 17.7. The minimum atomic E-state index is -0.385. The molecule has 0 atom stereocenters. The fraction of sp³-hybridized carbons (Fsp3) is 0.857. The summed E-state index contributed by atoms with van der Waals surface area (Å²) >= 11 is 3.14. The number of nitrogens with one attached hydrogen (secondary N) is 1. The second-order valence-corrected chi connectivity index (χ2v) is 2.61. The van der Waals surface area contributed by atoms with Crippen molar-refractivity contribution in [1.29, 1.82) is 0 Å². The average Bonchev–Trinajstić information content (AvgIpc) is 2.02. The van der Waals surface area contributed by atoms with Gasteiger partial charge in [0.25, 0.3) is 0 Å². The van der Waals surface area contributed by atoms with E-state index in [0.29, 0.717) is 6.54 Å². The maximum atomic E-state index is 10.2. The van der Waals surface area contributed by atoms with E-state index in [1.165, 1.54) is 13.5 Å². The molecule has 0 unspecified atom stereocenters. The van der Waals surface area contributed by atoms with Crippen LogP contribution in [0.25, 0.3) is 0 Å². The highest BCUT2D eigenvalue weighted by molar-refractivity contribution is 9.09. The number of hydrogen-bond donors (Lipinski definition) is 1. The molecule has 68 valence electrons. The molecule has 0 aromatic rings. The van der Waals surface area contributed by atoms with E-state index in [1.54, 1.807) is 0 Å². The number of methoxy groups -OCH3 is 1. The van der Waals surface area contributed by atoms with E-state index in [0.717, 1.165) is 5.33 Å². The molecule has 0 bridgehead atoms. The first-order chi connectivity index (χ1) is 5.22. The molecule has 0 rings (SSSR count). The molecule has 0 radical (unpaired) electrons. The Morgan fingerprint density at radius 3 is 2.27 bits per heavy atom. The van der Waals surface area contributed by atoms with Crippen LogP contribution in [0.4, 0.5) is 4.79 Å². The summed E-state index contributed by atoms with van der Waals surface area (Å²) in [5, 5.41) is 3.23. The Morgan fingerprint density at radius 1 is 1.55 bits per heavy atom. The van der Waals surface area contributed by atoms with Crippen LogP contribution in [0.3, 0.4) is 0 Å². The van der Waals surface area contributed by atoms with E-state index in [9.17, 15) is 4.79 Å². The second kappa shape index (κ2) is 12.4. The molecule has 0 aromatic carbocycles. The maximum absolute atomic E-state index is 10.2. The molecule has 0 aliphatic rings. The summed E-state index contributed by atoms with van der Waals surface area (Å²) in [5.74, 6) is 0. The van der Waals surface area contributed by atoms with E-state index < -0.39 is 0 Å². The van der Waals surface area contributed by atoms with E-state index in [4.69, 9.17) is 0 Å². The predicted molar refractivity (Wildman–Crippen MR) is 50.2 cm³/mol. The SMILES string of the molecule is CCC.COC(=O)NCCBr. The summed E-state index contributed by atoms with van der Waals surface area (Å²) in [6.07, 6.45) is 0.865. The topological polar surface area (TPSA) is 38.3 Å². The van der Waals surface area contributed by atoms with E-state index >= 15 is 0 Å². The summed E-state index contributed by atoms with van der Waals surface area (Å²) in [5.41, 5.74) is 0. The molecule has 1 N–H and O–H groups in total. The van der Waals surface area contributed by atoms with Crippen LogP contribution in [0.1, 0.15) is 20.3 Å². The molecule has 0 fully saturated rings. The number of hydrogen-bond acceptors (Lipinski definition) is 2. The number of halogens is 1. The monoisotopic (exact) mass is 225 g/mol. The molecular weight excluding hydrogens is 210 g/mol. The third-order valence-electron chi connectivity index (χ3n) is 0.549. The van der Waals surface area contributed by atoms with Gasteiger partial charge < -0.3 is 10.1 Å². The molecule has 0 spiro atoms. The predicted octanol–water partition coefficient (Wildman–Crippen LogP) is 2.15. The number of carbonyl (C=O) groups excluding carboxylic acids is 1. The van der Waals surface area contributed by atoms with Crippen molar-refractivity contribution in [3.05, 3.63) is 0 Å². The first kappa shape index (κ1) is 13.3. The van der Waals surface area contributed by atoms with Gasteiger partial charge in [0.05, 0.1) is 7.11 Å². The fourth-order valence-corrected chi connectivity index (χ4v) is 0.420. The van der Waals surface area contributed by atoms with Crippen molar-refractivity contribution in [3.63, 3.8) is 0 Å². The van der Waals surface area contributed by atoms with Gasteiger partial charge in [0.15, 0.2) is 0 Å². The van der Waals surface area contributed by atoms with Crippen LogP contribution in [0.5, 0.6) is 0 Å². The van der Waals surface area contributed by atoms with Gasteiger partial charge in [0.2, 0.25) is 0 Å². The minimum absolute atomic E-state index is 0.385. The lowest BCUT2D eigenvalue weighted by atomic mass is 10.6. The fourth-order valence-electron chi connectivity index (χ4n) is 0.221. The quantitative estimate of drug-likeness (QED) is 0.732. The standard InChI is InChI=1S/C4H8BrNO2.C3H8/c1-8-4(7)6-3-2-5;1-3-2/h2-3H2,1H3,(H,6,7);3H2,1-2H3. The van der Waals surface area contributed by atoms with Gasteiger partial charge in [0.1, 0.15) is 0 Å². The molecule has 0 aliphatic carbocycles. The Balaban J connectivity index is 0. The highest BCUT2D eigenvalue weighted by Crippen LogP contribution is 1.75. The first-order valence-corrected chi connectivity index (χ1v) is 4.72. The second-order valence-electron chi connectivity index (χ2n) is 1.81. The molecule has 1 amide bonds. The van der Waals surface area contributed by atoms with E-state index in [-0.39, 0.29) is 6.09 Å². The molecule has 0 heterocycles. The van der Waals surface area contributed by atoms with Crippen LogP contribution in [-0.4, -0.2) is 25.1 Å². The molecule has 4 heteroatoms. The Hall–Kier alpha value is -0.250. The lowest BCUT2D eigenvalue weighted by Crippen LogP contribution is -2.24. The van der Waals surface area contributed by atoms with Crippen LogP contribution in [0.15, 0.2) is 0 Å². The summed E-state index contributed by atoms with van der Waals surface area (Å²) in [6.45, 7) is 4.85. The smallest absolute Gasteiger partial charge is 0.406 e. The largest absolute Gasteiger partial charge is 0.453 e. The van der Waals surface area contributed by atoms with Crippen molar-refractivity contribution in [2.24, 2.45) is 0 Å². The number of alkyl halides is 1. The Labute approximate surface area is 76.6 Å². The van der Waals surface area contributed by atoms with Crippen LogP contribution in [-0.2, 0) is 4.74 Å². The van der Waals surface area contributed by atoms with Gasteiger partial charge in [-0.15, -0.1) is 0 Å². The number of rotatable bonds is 2. The van der Waals surface area contributed by atoms with Crippen molar-refractivity contribution in [2.45, 2.75) is 20.3 Å². The molecule has 0 saturated carbocycles. The third-order valence-corrected chi connectivity index (χ3v) is 0.946. The Kier molecular flexibility index (Phi) is 15.1. The highest BCUT2D eigenvalue weighted by Gasteiger charge is 1.92. The van der Waals surface area contributed by atoms with Crippen molar-refractivity contribution in [3.8, 4) is 0 Å². The molecule has 0 aromatic heterocycles. The van der Waals surface area contributed by atoms with Gasteiger partial charge >= 0.3 is 6.09 Å². The summed E-state index contributed by atoms with van der Waals surface area (Å²) in [7, 11) is 1.34. The lowest BCUT2D eigenvalue weighted by Gasteiger charge is -1.97. The maximum Gasteiger partial charge on any atom is 0.406 e. The van der Waals surface area contributed by atoms with Crippen LogP contribution >= 0.6 is 15.9 Å². The van der Waals surface area contributed by atoms with Crippen LogP contribution < -0.4 is 5.32 Å². The first-order valence-electron chi connectivity index (χ1n) is 3.60. The normalized spacial score (nSPS) is 7.64. The van der Waals surface area contributed by atoms with Crippen molar-refractivity contribution in [2.75, 3.05) is 19.0 Å². The van der Waals surface area contributed by atoms with E-state index in [1.807, 2.05) is 0 Å². The Bertz CT molecular complexity index is 88.5. The van der Waals surface area contributed by atoms with Crippen LogP contribution in [0, 0.1) is 0 Å². The molecule has 0 saturated heterocycles. The number of alkyl carbamates (subject to hydrolysis) is 1. The zero-order valence-electron chi connectivity index (χ0n) is 7.32. The summed E-state index contributed by atoms with van der Waals surface area (Å²) < 4.78 is 4.28. The summed E-state index contributed by atoms with van der Waals surface area (Å²) in [4.78, 5) is 10.2. The van der Waals surface area contributed by atoms with Gasteiger partial charge in [-0.25, -0.2) is 4.79 Å². The van der Waals surface area contributed by atoms with Gasteiger partial charge in [-0.2, -0.15) is 0 Å². The molecule has 3 nitrogen and oxygen atoms in total. The zero-order chi connectivity index (χ0) is 9.11.